The number of carbonyl (C=O) groups is 4. The molecule has 0 aromatic heterocycles. The lowest BCUT2D eigenvalue weighted by Crippen LogP contribution is -2.33. The molecule has 0 radical (unpaired) electrons. The number of nitrogens with one attached hydrogen (secondary N) is 1. The largest absolute Gasteiger partial charge is 0.442 e. The lowest BCUT2D eigenvalue weighted by Gasteiger charge is -2.19. The molecule has 1 aromatic rings. The highest BCUT2D eigenvalue weighted by Gasteiger charge is 2.32. The summed E-state index contributed by atoms with van der Waals surface area (Å²) in [6, 6.07) is 5.89. The molecule has 1 fully saturated rings. The van der Waals surface area contributed by atoms with Crippen LogP contribution in [-0.2, 0) is 32.0 Å². The van der Waals surface area contributed by atoms with Crippen molar-refractivity contribution in [2.24, 2.45) is 0 Å². The average molecular weight is 401 g/mol. The van der Waals surface area contributed by atoms with Crippen LogP contribution in [0.5, 0.6) is 0 Å². The van der Waals surface area contributed by atoms with E-state index in [1.54, 1.807) is 4.90 Å². The number of ether oxygens (including phenoxy) is 1. The minimum Gasteiger partial charge on any atom is -0.442 e. The molecule has 0 spiro atoms. The summed E-state index contributed by atoms with van der Waals surface area (Å²) in [6.07, 6.45) is 1.19. The van der Waals surface area contributed by atoms with Gasteiger partial charge in [-0.1, -0.05) is 6.07 Å². The maximum Gasteiger partial charge on any atom is 0.414 e. The molecule has 0 saturated carbocycles. The Bertz CT molecular complexity index is 823. The number of cyclic esters (lactones) is 1. The number of hydrogen-bond donors (Lipinski definition) is 1. The van der Waals surface area contributed by atoms with Crippen LogP contribution in [0.3, 0.4) is 0 Å². The molecule has 8 heteroatoms. The van der Waals surface area contributed by atoms with E-state index in [2.05, 4.69) is 5.32 Å². The molecule has 2 aliphatic heterocycles. The Balaban J connectivity index is 1.64. The highest BCUT2D eigenvalue weighted by atomic mass is 16.6. The predicted octanol–water partition coefficient (Wildman–Crippen LogP) is 1.44. The number of nitrogens with zero attached hydrogens (tertiary/aromatic N) is 2. The quantitative estimate of drug-likeness (QED) is 0.778. The molecule has 1 N–H and O–H groups in total. The fraction of sp³-hybridized carbons (Fsp3) is 0.524. The molecule has 2 aliphatic rings. The minimum absolute atomic E-state index is 0.0113. The Morgan fingerprint density at radius 3 is 2.52 bits per heavy atom. The van der Waals surface area contributed by atoms with Crippen molar-refractivity contribution in [2.45, 2.75) is 45.6 Å². The summed E-state index contributed by atoms with van der Waals surface area (Å²) in [4.78, 5) is 50.2. The van der Waals surface area contributed by atoms with Crippen molar-refractivity contribution in [2.75, 3.05) is 31.1 Å². The van der Waals surface area contributed by atoms with E-state index >= 15 is 0 Å². The molecule has 0 bridgehead atoms. The number of amides is 3. The third-order valence-corrected chi connectivity index (χ3v) is 5.30. The molecule has 0 aliphatic carbocycles. The Kier molecular flexibility index (Phi) is 6.51. The van der Waals surface area contributed by atoms with E-state index in [-0.39, 0.29) is 36.5 Å². The van der Waals surface area contributed by atoms with Gasteiger partial charge in [-0.3, -0.25) is 14.5 Å². The molecule has 156 valence electrons. The van der Waals surface area contributed by atoms with Crippen LogP contribution in [-0.4, -0.2) is 60.9 Å². The zero-order valence-electron chi connectivity index (χ0n) is 16.9. The van der Waals surface area contributed by atoms with E-state index in [1.807, 2.05) is 23.1 Å². The first-order valence-electron chi connectivity index (χ1n) is 9.95. The van der Waals surface area contributed by atoms with Gasteiger partial charge >= 0.3 is 6.09 Å². The van der Waals surface area contributed by atoms with E-state index in [4.69, 9.17) is 4.74 Å². The molecule has 1 atom stereocenters. The van der Waals surface area contributed by atoms with Crippen LogP contribution < -0.4 is 10.2 Å². The summed E-state index contributed by atoms with van der Waals surface area (Å²) < 4.78 is 5.33. The standard InChI is InChI=1S/C21H27N3O5/c1-14(25)3-6-20(27)23-9-7-16-4-5-18(11-17(16)8-10-23)24-13-19(29-21(24)28)12-22-15(2)26/h4-5,11,19H,3,6-10,12-13H2,1-2H3,(H,22,26)/t19-/m0/s1. The fourth-order valence-electron chi connectivity index (χ4n) is 3.67. The van der Waals surface area contributed by atoms with Gasteiger partial charge in [0.25, 0.3) is 0 Å². The van der Waals surface area contributed by atoms with E-state index in [1.165, 1.54) is 13.8 Å². The molecule has 8 nitrogen and oxygen atoms in total. The van der Waals surface area contributed by atoms with Gasteiger partial charge in [0.2, 0.25) is 11.8 Å². The first-order valence-corrected chi connectivity index (χ1v) is 9.95. The predicted molar refractivity (Wildman–Crippen MR) is 107 cm³/mol. The van der Waals surface area contributed by atoms with Crippen LogP contribution >= 0.6 is 0 Å². The van der Waals surface area contributed by atoms with Crippen molar-refractivity contribution in [1.82, 2.24) is 10.2 Å². The Hall–Kier alpha value is -2.90. The molecule has 2 heterocycles. The summed E-state index contributed by atoms with van der Waals surface area (Å²) in [7, 11) is 0. The summed E-state index contributed by atoms with van der Waals surface area (Å²) in [5.74, 6) is -0.125. The van der Waals surface area contributed by atoms with Crippen LogP contribution in [0.25, 0.3) is 0 Å². The van der Waals surface area contributed by atoms with E-state index in [9.17, 15) is 19.2 Å². The van der Waals surface area contributed by atoms with Crippen molar-refractivity contribution in [3.05, 3.63) is 29.3 Å². The Labute approximate surface area is 170 Å². The Morgan fingerprint density at radius 1 is 1.10 bits per heavy atom. The molecule has 29 heavy (non-hydrogen) atoms. The first kappa shape index (κ1) is 20.8. The van der Waals surface area contributed by atoms with E-state index in [0.717, 1.165) is 23.2 Å². The summed E-state index contributed by atoms with van der Waals surface area (Å²) in [5.41, 5.74) is 3.04. The maximum atomic E-state index is 12.3. The number of Topliss-reactive ketones (excluding diaryl/α,β-unsaturated/α-hetero) is 1. The summed E-state index contributed by atoms with van der Waals surface area (Å²) >= 11 is 0. The van der Waals surface area contributed by atoms with Gasteiger partial charge in [-0.25, -0.2) is 4.79 Å². The van der Waals surface area contributed by atoms with Crippen LogP contribution in [0, 0.1) is 0 Å². The van der Waals surface area contributed by atoms with Crippen LogP contribution in [0.2, 0.25) is 0 Å². The summed E-state index contributed by atoms with van der Waals surface area (Å²) in [6.45, 7) is 4.83. The molecule has 3 amide bonds. The van der Waals surface area contributed by atoms with Gasteiger partial charge in [0, 0.05) is 38.5 Å². The number of anilines is 1. The zero-order chi connectivity index (χ0) is 21.0. The minimum atomic E-state index is -0.421. The second-order valence-corrected chi connectivity index (χ2v) is 7.59. The number of benzene rings is 1. The van der Waals surface area contributed by atoms with Crippen molar-refractivity contribution in [3.8, 4) is 0 Å². The van der Waals surface area contributed by atoms with E-state index < -0.39 is 6.09 Å². The van der Waals surface area contributed by atoms with Crippen LogP contribution in [0.1, 0.15) is 37.8 Å². The molecule has 1 saturated heterocycles. The highest BCUT2D eigenvalue weighted by molar-refractivity contribution is 5.90. The monoisotopic (exact) mass is 401 g/mol. The van der Waals surface area contributed by atoms with Gasteiger partial charge in [0.1, 0.15) is 11.9 Å². The van der Waals surface area contributed by atoms with Gasteiger partial charge in [-0.05, 0) is 43.0 Å². The topological polar surface area (TPSA) is 96.0 Å². The molecule has 3 rings (SSSR count). The van der Waals surface area contributed by atoms with Gasteiger partial charge in [0.15, 0.2) is 0 Å². The molecule has 1 aromatic carbocycles. The van der Waals surface area contributed by atoms with Crippen molar-refractivity contribution in [1.29, 1.82) is 0 Å². The molecule has 0 unspecified atom stereocenters. The zero-order valence-corrected chi connectivity index (χ0v) is 16.9. The van der Waals surface area contributed by atoms with Gasteiger partial charge < -0.3 is 19.7 Å². The van der Waals surface area contributed by atoms with Crippen molar-refractivity contribution in [3.63, 3.8) is 0 Å². The summed E-state index contributed by atoms with van der Waals surface area (Å²) in [5, 5.41) is 2.67. The number of ketones is 1. The van der Waals surface area contributed by atoms with Crippen LogP contribution in [0.15, 0.2) is 18.2 Å². The lowest BCUT2D eigenvalue weighted by atomic mass is 10.0. The third-order valence-electron chi connectivity index (χ3n) is 5.30. The highest BCUT2D eigenvalue weighted by Crippen LogP contribution is 2.26. The second-order valence-electron chi connectivity index (χ2n) is 7.59. The van der Waals surface area contributed by atoms with E-state index in [0.29, 0.717) is 32.6 Å². The SMILES string of the molecule is CC(=O)CCC(=O)N1CCc2ccc(N3C[C@H](CNC(C)=O)OC3=O)cc2CC1. The van der Waals surface area contributed by atoms with Gasteiger partial charge in [-0.2, -0.15) is 0 Å². The van der Waals surface area contributed by atoms with Gasteiger partial charge in [-0.15, -0.1) is 0 Å². The Morgan fingerprint density at radius 2 is 1.83 bits per heavy atom. The van der Waals surface area contributed by atoms with Gasteiger partial charge in [0.05, 0.1) is 13.1 Å². The first-order chi connectivity index (χ1) is 13.8. The van der Waals surface area contributed by atoms with Crippen molar-refractivity contribution < 1.29 is 23.9 Å². The smallest absolute Gasteiger partial charge is 0.414 e. The lowest BCUT2D eigenvalue weighted by molar-refractivity contribution is -0.132. The maximum absolute atomic E-state index is 12.3. The molecular weight excluding hydrogens is 374 g/mol. The third kappa shape index (κ3) is 5.34. The number of fused-ring (bicyclic) bond motifs is 1. The number of carbonyl (C=O) groups excluding carboxylic acids is 4. The fourth-order valence-corrected chi connectivity index (χ4v) is 3.67. The number of hydrogen-bond acceptors (Lipinski definition) is 5. The van der Waals surface area contributed by atoms with Crippen LogP contribution in [0.4, 0.5) is 10.5 Å². The molecular formula is C21H27N3O5. The second kappa shape index (κ2) is 9.07. The van der Waals surface area contributed by atoms with Crippen molar-refractivity contribution >= 4 is 29.4 Å². The average Bonchev–Trinajstić information content (AvgIpc) is 2.92. The number of rotatable bonds is 6. The normalized spacial score (nSPS) is 18.7.